The van der Waals surface area contributed by atoms with Gasteiger partial charge < -0.3 is 0 Å². The van der Waals surface area contributed by atoms with Crippen molar-refractivity contribution in [3.8, 4) is 0 Å². The zero-order valence-electron chi connectivity index (χ0n) is 14.7. The van der Waals surface area contributed by atoms with Crippen LogP contribution in [0.5, 0.6) is 0 Å². The standard InChI is InChI=1S/C20H19N3O3/c1-12-21-16-11-14-7-4-3-6-13(14)10-15(16)18(25)23(12)20(2)9-5-8-17(24)22-19(20)26/h3-4,6-7,10-11H,5,8-9H2,1-2H3,(H,22,24,26). The average Bonchev–Trinajstić information content (AvgIpc) is 2.72. The molecule has 2 heterocycles. The average molecular weight is 349 g/mol. The van der Waals surface area contributed by atoms with Crippen molar-refractivity contribution in [2.45, 2.75) is 38.6 Å². The lowest BCUT2D eigenvalue weighted by Gasteiger charge is -2.30. The largest absolute Gasteiger partial charge is 0.294 e. The molecule has 1 atom stereocenters. The van der Waals surface area contributed by atoms with Gasteiger partial charge >= 0.3 is 0 Å². The number of fused-ring (bicyclic) bond motifs is 2. The predicted octanol–water partition coefficient (Wildman–Crippen LogP) is 2.40. The zero-order chi connectivity index (χ0) is 18.5. The van der Waals surface area contributed by atoms with Crippen LogP contribution < -0.4 is 10.9 Å². The quantitative estimate of drug-likeness (QED) is 0.540. The smallest absolute Gasteiger partial charge is 0.262 e. The predicted molar refractivity (Wildman–Crippen MR) is 98.9 cm³/mol. The van der Waals surface area contributed by atoms with Crippen LogP contribution in [0.2, 0.25) is 0 Å². The Morgan fingerprint density at radius 2 is 1.81 bits per heavy atom. The minimum absolute atomic E-state index is 0.259. The van der Waals surface area contributed by atoms with Gasteiger partial charge in [-0.2, -0.15) is 0 Å². The lowest BCUT2D eigenvalue weighted by Crippen LogP contribution is -2.51. The first kappa shape index (κ1) is 16.4. The highest BCUT2D eigenvalue weighted by atomic mass is 16.2. The van der Waals surface area contributed by atoms with Gasteiger partial charge in [-0.25, -0.2) is 4.98 Å². The number of nitrogens with one attached hydrogen (secondary N) is 1. The van der Waals surface area contributed by atoms with Crippen LogP contribution in [0.3, 0.4) is 0 Å². The summed E-state index contributed by atoms with van der Waals surface area (Å²) in [4.78, 5) is 42.3. The van der Waals surface area contributed by atoms with Gasteiger partial charge in [0.2, 0.25) is 5.91 Å². The van der Waals surface area contributed by atoms with Crippen LogP contribution in [0.25, 0.3) is 21.7 Å². The number of nitrogens with zero attached hydrogens (tertiary/aromatic N) is 2. The van der Waals surface area contributed by atoms with E-state index in [1.165, 1.54) is 4.57 Å². The SMILES string of the molecule is Cc1nc2cc3ccccc3cc2c(=O)n1C1(C)CCCC(=O)NC1=O. The number of carbonyl (C=O) groups is 2. The van der Waals surface area contributed by atoms with E-state index in [4.69, 9.17) is 0 Å². The molecule has 0 aliphatic carbocycles. The van der Waals surface area contributed by atoms with Crippen molar-refractivity contribution < 1.29 is 9.59 Å². The highest BCUT2D eigenvalue weighted by Gasteiger charge is 2.40. The molecule has 1 aromatic heterocycles. The number of hydrogen-bond donors (Lipinski definition) is 1. The van der Waals surface area contributed by atoms with Gasteiger partial charge in [0.05, 0.1) is 10.9 Å². The molecular weight excluding hydrogens is 330 g/mol. The molecule has 2 amide bonds. The molecule has 1 fully saturated rings. The normalized spacial score (nSPS) is 21.0. The summed E-state index contributed by atoms with van der Waals surface area (Å²) in [5, 5.41) is 4.82. The van der Waals surface area contributed by atoms with E-state index in [0.717, 1.165) is 10.8 Å². The summed E-state index contributed by atoms with van der Waals surface area (Å²) >= 11 is 0. The topological polar surface area (TPSA) is 81.1 Å². The Hall–Kier alpha value is -3.02. The number of hydrogen-bond acceptors (Lipinski definition) is 4. The molecule has 1 aliphatic rings. The van der Waals surface area contributed by atoms with Gasteiger partial charge in [-0.15, -0.1) is 0 Å². The van der Waals surface area contributed by atoms with Crippen LogP contribution >= 0.6 is 0 Å². The van der Waals surface area contributed by atoms with Crippen molar-refractivity contribution in [2.75, 3.05) is 0 Å². The first-order valence-electron chi connectivity index (χ1n) is 8.67. The van der Waals surface area contributed by atoms with Crippen LogP contribution in [-0.4, -0.2) is 21.4 Å². The Labute approximate surface area is 149 Å². The molecule has 132 valence electrons. The van der Waals surface area contributed by atoms with Crippen molar-refractivity contribution in [3.63, 3.8) is 0 Å². The van der Waals surface area contributed by atoms with Crippen LogP contribution in [0.1, 0.15) is 32.0 Å². The van der Waals surface area contributed by atoms with Gasteiger partial charge in [-0.3, -0.25) is 24.3 Å². The van der Waals surface area contributed by atoms with Gasteiger partial charge in [0.15, 0.2) is 0 Å². The van der Waals surface area contributed by atoms with Gasteiger partial charge in [0.1, 0.15) is 11.4 Å². The van der Waals surface area contributed by atoms with Gasteiger partial charge in [0, 0.05) is 6.42 Å². The molecule has 2 aromatic carbocycles. The van der Waals surface area contributed by atoms with E-state index in [1.807, 2.05) is 36.4 Å². The Kier molecular flexibility index (Phi) is 3.64. The van der Waals surface area contributed by atoms with Crippen molar-refractivity contribution >= 4 is 33.5 Å². The summed E-state index contributed by atoms with van der Waals surface area (Å²) in [7, 11) is 0. The number of imide groups is 1. The molecule has 1 unspecified atom stereocenters. The van der Waals surface area contributed by atoms with Crippen LogP contribution in [0.4, 0.5) is 0 Å². The maximum Gasteiger partial charge on any atom is 0.262 e. The molecule has 0 radical (unpaired) electrons. The molecule has 26 heavy (non-hydrogen) atoms. The van der Waals surface area contributed by atoms with E-state index in [9.17, 15) is 14.4 Å². The lowest BCUT2D eigenvalue weighted by molar-refractivity contribution is -0.134. The third-order valence-electron chi connectivity index (χ3n) is 5.21. The van der Waals surface area contributed by atoms with E-state index in [1.54, 1.807) is 13.8 Å². The molecular formula is C20H19N3O3. The first-order valence-corrected chi connectivity index (χ1v) is 8.67. The minimum atomic E-state index is -1.14. The molecule has 1 aliphatic heterocycles. The summed E-state index contributed by atoms with van der Waals surface area (Å²) in [6.45, 7) is 3.42. The second-order valence-corrected chi connectivity index (χ2v) is 7.02. The summed E-state index contributed by atoms with van der Waals surface area (Å²) in [5.41, 5.74) is -0.790. The summed E-state index contributed by atoms with van der Waals surface area (Å²) in [6.07, 6.45) is 1.22. The summed E-state index contributed by atoms with van der Waals surface area (Å²) in [5.74, 6) is -0.291. The fourth-order valence-electron chi connectivity index (χ4n) is 3.81. The Bertz CT molecular complexity index is 1130. The van der Waals surface area contributed by atoms with Crippen molar-refractivity contribution in [1.82, 2.24) is 14.9 Å². The molecule has 1 saturated heterocycles. The van der Waals surface area contributed by atoms with Crippen molar-refractivity contribution in [3.05, 3.63) is 52.6 Å². The number of aryl methyl sites for hydroxylation is 1. The lowest BCUT2D eigenvalue weighted by atomic mass is 9.94. The highest BCUT2D eigenvalue weighted by Crippen LogP contribution is 2.27. The molecule has 6 heteroatoms. The van der Waals surface area contributed by atoms with E-state index < -0.39 is 11.4 Å². The van der Waals surface area contributed by atoms with Crippen molar-refractivity contribution in [2.24, 2.45) is 0 Å². The number of rotatable bonds is 1. The van der Waals surface area contributed by atoms with Crippen LogP contribution in [-0.2, 0) is 15.1 Å². The Morgan fingerprint density at radius 1 is 1.12 bits per heavy atom. The molecule has 1 N–H and O–H groups in total. The number of aromatic nitrogens is 2. The zero-order valence-corrected chi connectivity index (χ0v) is 14.7. The van der Waals surface area contributed by atoms with E-state index in [2.05, 4.69) is 10.3 Å². The van der Waals surface area contributed by atoms with Crippen LogP contribution in [0, 0.1) is 6.92 Å². The maximum absolute atomic E-state index is 13.3. The van der Waals surface area contributed by atoms with E-state index in [-0.39, 0.29) is 17.9 Å². The molecule has 6 nitrogen and oxygen atoms in total. The molecule has 4 rings (SSSR count). The minimum Gasteiger partial charge on any atom is -0.294 e. The second kappa shape index (κ2) is 5.76. The second-order valence-electron chi connectivity index (χ2n) is 7.02. The Morgan fingerprint density at radius 3 is 2.54 bits per heavy atom. The molecule has 3 aromatic rings. The number of carbonyl (C=O) groups excluding carboxylic acids is 2. The fourth-order valence-corrected chi connectivity index (χ4v) is 3.81. The maximum atomic E-state index is 13.3. The number of benzene rings is 2. The van der Waals surface area contributed by atoms with Gasteiger partial charge in [-0.05, 0) is 49.6 Å². The Balaban J connectivity index is 2.00. The van der Waals surface area contributed by atoms with Crippen LogP contribution in [0.15, 0.2) is 41.2 Å². The van der Waals surface area contributed by atoms with E-state index >= 15 is 0 Å². The van der Waals surface area contributed by atoms with Gasteiger partial charge in [0.25, 0.3) is 11.5 Å². The first-order chi connectivity index (χ1) is 12.4. The molecule has 0 spiro atoms. The third-order valence-corrected chi connectivity index (χ3v) is 5.21. The van der Waals surface area contributed by atoms with E-state index in [0.29, 0.717) is 29.6 Å². The summed E-state index contributed by atoms with van der Waals surface area (Å²) in [6, 6.07) is 11.5. The third kappa shape index (κ3) is 2.41. The monoisotopic (exact) mass is 349 g/mol. The van der Waals surface area contributed by atoms with Gasteiger partial charge in [-0.1, -0.05) is 24.3 Å². The number of amides is 2. The molecule has 0 bridgehead atoms. The highest BCUT2D eigenvalue weighted by molar-refractivity contribution is 6.00. The van der Waals surface area contributed by atoms with Crippen molar-refractivity contribution in [1.29, 1.82) is 0 Å². The summed E-state index contributed by atoms with van der Waals surface area (Å²) < 4.78 is 1.44. The fraction of sp³-hybridized carbons (Fsp3) is 0.300. The molecule has 0 saturated carbocycles.